The SMILES string of the molecule is O=C(Nc1nc2c(s1)CNCC2)c1ccccc1. The molecule has 2 aromatic rings. The molecule has 2 heterocycles. The number of rotatable bonds is 2. The number of anilines is 1. The summed E-state index contributed by atoms with van der Waals surface area (Å²) in [5.74, 6) is -0.102. The molecule has 1 aromatic heterocycles. The Morgan fingerprint density at radius 1 is 1.33 bits per heavy atom. The minimum absolute atomic E-state index is 0.102. The highest BCUT2D eigenvalue weighted by Crippen LogP contribution is 2.25. The van der Waals surface area contributed by atoms with Gasteiger partial charge in [0.15, 0.2) is 5.13 Å². The average Bonchev–Trinajstić information content (AvgIpc) is 2.82. The minimum atomic E-state index is -0.102. The molecule has 1 aliphatic rings. The van der Waals surface area contributed by atoms with Gasteiger partial charge in [-0.2, -0.15) is 0 Å². The van der Waals surface area contributed by atoms with Gasteiger partial charge < -0.3 is 5.32 Å². The predicted molar refractivity (Wildman–Crippen MR) is 71.9 cm³/mol. The number of carbonyl (C=O) groups is 1. The number of hydrogen-bond donors (Lipinski definition) is 2. The van der Waals surface area contributed by atoms with Crippen molar-refractivity contribution in [2.24, 2.45) is 0 Å². The second-order valence-corrected chi connectivity index (χ2v) is 5.22. The number of hydrogen-bond acceptors (Lipinski definition) is 4. The second-order valence-electron chi connectivity index (χ2n) is 4.14. The zero-order valence-electron chi connectivity index (χ0n) is 9.77. The van der Waals surface area contributed by atoms with Crippen molar-refractivity contribution in [3.05, 3.63) is 46.5 Å². The van der Waals surface area contributed by atoms with Gasteiger partial charge in [0.1, 0.15) is 0 Å². The van der Waals surface area contributed by atoms with Gasteiger partial charge in [0.2, 0.25) is 0 Å². The molecule has 5 heteroatoms. The Morgan fingerprint density at radius 2 is 2.17 bits per heavy atom. The third kappa shape index (κ3) is 2.27. The van der Waals surface area contributed by atoms with E-state index in [4.69, 9.17) is 0 Å². The van der Waals surface area contributed by atoms with E-state index in [0.29, 0.717) is 10.7 Å². The summed E-state index contributed by atoms with van der Waals surface area (Å²) in [6.45, 7) is 1.82. The molecule has 0 radical (unpaired) electrons. The van der Waals surface area contributed by atoms with E-state index in [2.05, 4.69) is 15.6 Å². The summed E-state index contributed by atoms with van der Waals surface area (Å²) in [6, 6.07) is 9.19. The molecular formula is C13H13N3OS. The van der Waals surface area contributed by atoms with Crippen LogP contribution in [0.2, 0.25) is 0 Å². The van der Waals surface area contributed by atoms with Crippen LogP contribution < -0.4 is 10.6 Å². The van der Waals surface area contributed by atoms with E-state index in [1.807, 2.05) is 18.2 Å². The van der Waals surface area contributed by atoms with Crippen LogP contribution in [0, 0.1) is 0 Å². The Bertz CT molecular complexity index is 541. The molecule has 0 spiro atoms. The summed E-state index contributed by atoms with van der Waals surface area (Å²) in [5.41, 5.74) is 1.77. The molecule has 3 rings (SSSR count). The smallest absolute Gasteiger partial charge is 0.257 e. The Kier molecular flexibility index (Phi) is 3.08. The van der Waals surface area contributed by atoms with E-state index in [0.717, 1.165) is 25.2 Å². The average molecular weight is 259 g/mol. The highest BCUT2D eigenvalue weighted by molar-refractivity contribution is 7.15. The summed E-state index contributed by atoms with van der Waals surface area (Å²) in [5, 5.41) is 6.85. The first-order valence-corrected chi connectivity index (χ1v) is 6.70. The number of carbonyl (C=O) groups excluding carboxylic acids is 1. The third-order valence-corrected chi connectivity index (χ3v) is 3.87. The maximum atomic E-state index is 12.0. The molecule has 18 heavy (non-hydrogen) atoms. The van der Waals surface area contributed by atoms with Gasteiger partial charge in [0.25, 0.3) is 5.91 Å². The minimum Gasteiger partial charge on any atom is -0.311 e. The van der Waals surface area contributed by atoms with Gasteiger partial charge in [-0.1, -0.05) is 18.2 Å². The lowest BCUT2D eigenvalue weighted by atomic mass is 10.2. The molecule has 0 saturated carbocycles. The van der Waals surface area contributed by atoms with Crippen LogP contribution in [-0.2, 0) is 13.0 Å². The van der Waals surface area contributed by atoms with Crippen LogP contribution in [0.25, 0.3) is 0 Å². The van der Waals surface area contributed by atoms with E-state index >= 15 is 0 Å². The maximum absolute atomic E-state index is 12.0. The number of aromatic nitrogens is 1. The van der Waals surface area contributed by atoms with E-state index < -0.39 is 0 Å². The van der Waals surface area contributed by atoms with E-state index in [1.54, 1.807) is 23.5 Å². The van der Waals surface area contributed by atoms with Crippen molar-refractivity contribution >= 4 is 22.4 Å². The lowest BCUT2D eigenvalue weighted by Crippen LogP contribution is -2.22. The molecule has 2 N–H and O–H groups in total. The maximum Gasteiger partial charge on any atom is 0.257 e. The number of thiazole rings is 1. The summed E-state index contributed by atoms with van der Waals surface area (Å²) in [7, 11) is 0. The Balaban J connectivity index is 1.77. The summed E-state index contributed by atoms with van der Waals surface area (Å²) < 4.78 is 0. The first-order valence-electron chi connectivity index (χ1n) is 5.88. The Hall–Kier alpha value is -1.72. The van der Waals surface area contributed by atoms with E-state index in [9.17, 15) is 4.79 Å². The second kappa shape index (κ2) is 4.88. The van der Waals surface area contributed by atoms with Crippen molar-refractivity contribution in [1.29, 1.82) is 0 Å². The summed E-state index contributed by atoms with van der Waals surface area (Å²) >= 11 is 1.55. The zero-order chi connectivity index (χ0) is 12.4. The standard InChI is InChI=1S/C13H13N3OS/c17-12(9-4-2-1-3-5-9)16-13-15-10-6-7-14-8-11(10)18-13/h1-5,14H,6-8H2,(H,15,16,17). The monoisotopic (exact) mass is 259 g/mol. The van der Waals surface area contributed by atoms with Crippen molar-refractivity contribution in [3.8, 4) is 0 Å². The molecule has 1 aliphatic heterocycles. The number of benzene rings is 1. The first-order chi connectivity index (χ1) is 8.83. The molecular weight excluding hydrogens is 246 g/mol. The van der Waals surface area contributed by atoms with Crippen molar-refractivity contribution in [1.82, 2.24) is 10.3 Å². The molecule has 0 aliphatic carbocycles. The molecule has 92 valence electrons. The van der Waals surface area contributed by atoms with Crippen LogP contribution >= 0.6 is 11.3 Å². The topological polar surface area (TPSA) is 54.0 Å². The Labute approximate surface area is 109 Å². The van der Waals surface area contributed by atoms with Crippen LogP contribution in [-0.4, -0.2) is 17.4 Å². The molecule has 0 fully saturated rings. The van der Waals surface area contributed by atoms with Crippen LogP contribution in [0.5, 0.6) is 0 Å². The fourth-order valence-electron chi connectivity index (χ4n) is 1.94. The largest absolute Gasteiger partial charge is 0.311 e. The van der Waals surface area contributed by atoms with E-state index in [-0.39, 0.29) is 5.91 Å². The lowest BCUT2D eigenvalue weighted by molar-refractivity contribution is 0.102. The highest BCUT2D eigenvalue weighted by atomic mass is 32.1. The molecule has 0 atom stereocenters. The summed E-state index contributed by atoms with van der Waals surface area (Å²) in [4.78, 5) is 17.7. The van der Waals surface area contributed by atoms with Crippen LogP contribution in [0.1, 0.15) is 20.9 Å². The molecule has 1 aromatic carbocycles. The van der Waals surface area contributed by atoms with Crippen molar-refractivity contribution < 1.29 is 4.79 Å². The molecule has 0 saturated heterocycles. The van der Waals surface area contributed by atoms with Crippen LogP contribution in [0.3, 0.4) is 0 Å². The predicted octanol–water partition coefficient (Wildman–Crippen LogP) is 2.04. The molecule has 0 unspecified atom stereocenters. The summed E-state index contributed by atoms with van der Waals surface area (Å²) in [6.07, 6.45) is 0.938. The van der Waals surface area contributed by atoms with Gasteiger partial charge >= 0.3 is 0 Å². The third-order valence-electron chi connectivity index (χ3n) is 2.86. The van der Waals surface area contributed by atoms with Gasteiger partial charge in [-0.3, -0.25) is 10.1 Å². The fourth-order valence-corrected chi connectivity index (χ4v) is 2.91. The van der Waals surface area contributed by atoms with Crippen LogP contribution in [0.4, 0.5) is 5.13 Å². The molecule has 1 amide bonds. The Morgan fingerprint density at radius 3 is 2.94 bits per heavy atom. The van der Waals surface area contributed by atoms with Crippen molar-refractivity contribution in [3.63, 3.8) is 0 Å². The number of nitrogens with one attached hydrogen (secondary N) is 2. The van der Waals surface area contributed by atoms with Gasteiger partial charge in [-0.15, -0.1) is 11.3 Å². The lowest BCUT2D eigenvalue weighted by Gasteiger charge is -2.09. The van der Waals surface area contributed by atoms with Gasteiger partial charge in [-0.05, 0) is 12.1 Å². The van der Waals surface area contributed by atoms with Crippen molar-refractivity contribution in [2.45, 2.75) is 13.0 Å². The van der Waals surface area contributed by atoms with Crippen LogP contribution in [0.15, 0.2) is 30.3 Å². The van der Waals surface area contributed by atoms with Gasteiger partial charge in [-0.25, -0.2) is 4.98 Å². The normalized spacial score (nSPS) is 14.0. The number of amides is 1. The molecule has 4 nitrogen and oxygen atoms in total. The number of fused-ring (bicyclic) bond motifs is 1. The number of nitrogens with zero attached hydrogens (tertiary/aromatic N) is 1. The fraction of sp³-hybridized carbons (Fsp3) is 0.231. The molecule has 0 bridgehead atoms. The quantitative estimate of drug-likeness (QED) is 0.867. The highest BCUT2D eigenvalue weighted by Gasteiger charge is 2.16. The van der Waals surface area contributed by atoms with Gasteiger partial charge in [0, 0.05) is 30.0 Å². The van der Waals surface area contributed by atoms with Gasteiger partial charge in [0.05, 0.1) is 5.69 Å². The zero-order valence-corrected chi connectivity index (χ0v) is 10.6. The van der Waals surface area contributed by atoms with Crippen molar-refractivity contribution in [2.75, 3.05) is 11.9 Å². The first kappa shape index (κ1) is 11.4. The van der Waals surface area contributed by atoms with E-state index in [1.165, 1.54) is 4.88 Å².